The van der Waals surface area contributed by atoms with E-state index in [0.29, 0.717) is 11.3 Å². The quantitative estimate of drug-likeness (QED) is 0.833. The summed E-state index contributed by atoms with van der Waals surface area (Å²) in [6.45, 7) is 1.97. The van der Waals surface area contributed by atoms with Crippen LogP contribution in [0.4, 0.5) is 0 Å². The minimum atomic E-state index is 0.0418. The molecule has 4 heteroatoms. The summed E-state index contributed by atoms with van der Waals surface area (Å²) >= 11 is 6.22. The number of nitrogens with one attached hydrogen (secondary N) is 1. The molecule has 0 aliphatic heterocycles. The van der Waals surface area contributed by atoms with Crippen molar-refractivity contribution in [3.05, 3.63) is 29.3 Å². The van der Waals surface area contributed by atoms with Gasteiger partial charge >= 0.3 is 0 Å². The van der Waals surface area contributed by atoms with Crippen LogP contribution in [-0.4, -0.2) is 23.5 Å². The van der Waals surface area contributed by atoms with Gasteiger partial charge in [0.05, 0.1) is 0 Å². The maximum absolute atomic E-state index is 12.3. The SMILES string of the molecule is CSC1CCCC(NC(=O)c2cc(S)ccc2C)C1. The maximum Gasteiger partial charge on any atom is 0.251 e. The van der Waals surface area contributed by atoms with Gasteiger partial charge in [0.25, 0.3) is 5.91 Å². The standard InChI is InChI=1S/C15H21NOS2/c1-10-6-7-12(18)9-14(10)15(17)16-11-4-3-5-13(8-11)19-2/h6-7,9,11,13,18H,3-5,8H2,1-2H3,(H,16,17). The molecule has 1 aliphatic carbocycles. The van der Waals surface area contributed by atoms with Crippen LogP contribution >= 0.6 is 24.4 Å². The average Bonchev–Trinajstić information content (AvgIpc) is 2.41. The van der Waals surface area contributed by atoms with Gasteiger partial charge in [-0.2, -0.15) is 11.8 Å². The van der Waals surface area contributed by atoms with E-state index in [1.165, 1.54) is 12.8 Å². The molecular formula is C15H21NOS2. The van der Waals surface area contributed by atoms with Crippen molar-refractivity contribution in [2.45, 2.75) is 48.8 Å². The van der Waals surface area contributed by atoms with Gasteiger partial charge in [0, 0.05) is 21.8 Å². The molecule has 2 atom stereocenters. The lowest BCUT2D eigenvalue weighted by atomic mass is 9.94. The van der Waals surface area contributed by atoms with Gasteiger partial charge in [-0.25, -0.2) is 0 Å². The van der Waals surface area contributed by atoms with Crippen LogP contribution in [0.25, 0.3) is 0 Å². The minimum absolute atomic E-state index is 0.0418. The third-order valence-corrected chi connectivity index (χ3v) is 5.13. The van der Waals surface area contributed by atoms with Crippen LogP contribution in [0.2, 0.25) is 0 Å². The Morgan fingerprint density at radius 2 is 2.21 bits per heavy atom. The lowest BCUT2D eigenvalue weighted by molar-refractivity contribution is 0.0927. The zero-order chi connectivity index (χ0) is 13.8. The number of thiol groups is 1. The third kappa shape index (κ3) is 3.93. The third-order valence-electron chi connectivity index (χ3n) is 3.76. The lowest BCUT2D eigenvalue weighted by Crippen LogP contribution is -2.39. The van der Waals surface area contributed by atoms with Crippen LogP contribution in [0.1, 0.15) is 41.6 Å². The molecule has 1 aliphatic rings. The molecule has 1 aromatic carbocycles. The first kappa shape index (κ1) is 14.8. The van der Waals surface area contributed by atoms with E-state index in [1.807, 2.05) is 36.9 Å². The van der Waals surface area contributed by atoms with Gasteiger partial charge in [-0.15, -0.1) is 12.6 Å². The van der Waals surface area contributed by atoms with Crippen LogP contribution in [0.3, 0.4) is 0 Å². The predicted molar refractivity (Wildman–Crippen MR) is 85.5 cm³/mol. The highest BCUT2D eigenvalue weighted by Crippen LogP contribution is 2.27. The Hall–Kier alpha value is -0.610. The highest BCUT2D eigenvalue weighted by molar-refractivity contribution is 7.99. The smallest absolute Gasteiger partial charge is 0.251 e. The van der Waals surface area contributed by atoms with Crippen molar-refractivity contribution in [3.8, 4) is 0 Å². The molecule has 2 rings (SSSR count). The summed E-state index contributed by atoms with van der Waals surface area (Å²) in [4.78, 5) is 13.2. The van der Waals surface area contributed by atoms with E-state index < -0.39 is 0 Å². The minimum Gasteiger partial charge on any atom is -0.349 e. The van der Waals surface area contributed by atoms with E-state index in [4.69, 9.17) is 0 Å². The monoisotopic (exact) mass is 295 g/mol. The summed E-state index contributed by atoms with van der Waals surface area (Å²) in [7, 11) is 0. The largest absolute Gasteiger partial charge is 0.349 e. The van der Waals surface area contributed by atoms with Gasteiger partial charge in [0.15, 0.2) is 0 Å². The van der Waals surface area contributed by atoms with Crippen molar-refractivity contribution < 1.29 is 4.79 Å². The Bertz CT molecular complexity index is 461. The lowest BCUT2D eigenvalue weighted by Gasteiger charge is -2.28. The summed E-state index contributed by atoms with van der Waals surface area (Å²) in [6, 6.07) is 6.03. The van der Waals surface area contributed by atoms with Crippen molar-refractivity contribution >= 4 is 30.3 Å². The van der Waals surface area contributed by atoms with Crippen LogP contribution in [0.15, 0.2) is 23.1 Å². The zero-order valence-corrected chi connectivity index (χ0v) is 13.2. The van der Waals surface area contributed by atoms with Crippen molar-refractivity contribution in [1.29, 1.82) is 0 Å². The molecule has 19 heavy (non-hydrogen) atoms. The second kappa shape index (κ2) is 6.71. The molecular weight excluding hydrogens is 274 g/mol. The molecule has 2 nitrogen and oxygen atoms in total. The second-order valence-electron chi connectivity index (χ2n) is 5.19. The summed E-state index contributed by atoms with van der Waals surface area (Å²) < 4.78 is 0. The van der Waals surface area contributed by atoms with Gasteiger partial charge in [-0.1, -0.05) is 12.5 Å². The Labute approximate surface area is 125 Å². The maximum atomic E-state index is 12.3. The molecule has 1 N–H and O–H groups in total. The molecule has 0 bridgehead atoms. The number of amides is 1. The number of carbonyl (C=O) groups is 1. The van der Waals surface area contributed by atoms with Crippen molar-refractivity contribution in [3.63, 3.8) is 0 Å². The van der Waals surface area contributed by atoms with E-state index in [-0.39, 0.29) is 5.91 Å². The summed E-state index contributed by atoms with van der Waals surface area (Å²) in [5, 5.41) is 3.87. The molecule has 2 unspecified atom stereocenters. The predicted octanol–water partition coefficient (Wildman–Crippen LogP) is 3.69. The Kier molecular flexibility index (Phi) is 5.22. The number of aryl methyl sites for hydroxylation is 1. The first-order valence-corrected chi connectivity index (χ1v) is 8.47. The highest BCUT2D eigenvalue weighted by Gasteiger charge is 2.23. The average molecular weight is 295 g/mol. The van der Waals surface area contributed by atoms with E-state index in [0.717, 1.165) is 28.9 Å². The molecule has 1 saturated carbocycles. The highest BCUT2D eigenvalue weighted by atomic mass is 32.2. The Morgan fingerprint density at radius 1 is 1.42 bits per heavy atom. The number of thioether (sulfide) groups is 1. The van der Waals surface area contributed by atoms with Gasteiger partial charge in [0.2, 0.25) is 0 Å². The number of hydrogen-bond donors (Lipinski definition) is 2. The summed E-state index contributed by atoms with van der Waals surface area (Å²) in [5.41, 5.74) is 1.76. The first-order valence-electron chi connectivity index (χ1n) is 6.73. The van der Waals surface area contributed by atoms with Crippen molar-refractivity contribution in [2.24, 2.45) is 0 Å². The fourth-order valence-corrected chi connectivity index (χ4v) is 3.64. The second-order valence-corrected chi connectivity index (χ2v) is 6.85. The summed E-state index contributed by atoms with van der Waals surface area (Å²) in [5.74, 6) is 0.0418. The number of benzene rings is 1. The number of rotatable bonds is 3. The van der Waals surface area contributed by atoms with Gasteiger partial charge in [-0.3, -0.25) is 4.79 Å². The van der Waals surface area contributed by atoms with Gasteiger partial charge in [-0.05, 0) is 50.1 Å². The molecule has 104 valence electrons. The van der Waals surface area contributed by atoms with E-state index in [9.17, 15) is 4.79 Å². The van der Waals surface area contributed by atoms with Crippen molar-refractivity contribution in [1.82, 2.24) is 5.32 Å². The van der Waals surface area contributed by atoms with Crippen LogP contribution in [0.5, 0.6) is 0 Å². The fourth-order valence-electron chi connectivity index (χ4n) is 2.61. The number of carbonyl (C=O) groups excluding carboxylic acids is 1. The van der Waals surface area contributed by atoms with E-state index in [2.05, 4.69) is 24.2 Å². The van der Waals surface area contributed by atoms with Crippen LogP contribution in [-0.2, 0) is 0 Å². The molecule has 1 amide bonds. The first-order chi connectivity index (χ1) is 9.10. The molecule has 1 fully saturated rings. The van der Waals surface area contributed by atoms with E-state index in [1.54, 1.807) is 0 Å². The van der Waals surface area contributed by atoms with Gasteiger partial charge in [0.1, 0.15) is 0 Å². The number of hydrogen-bond acceptors (Lipinski definition) is 3. The fraction of sp³-hybridized carbons (Fsp3) is 0.533. The molecule has 0 aromatic heterocycles. The Balaban J connectivity index is 2.02. The Morgan fingerprint density at radius 3 is 2.95 bits per heavy atom. The zero-order valence-electron chi connectivity index (χ0n) is 11.5. The molecule has 0 spiro atoms. The molecule has 0 saturated heterocycles. The van der Waals surface area contributed by atoms with Crippen LogP contribution in [0, 0.1) is 6.92 Å². The topological polar surface area (TPSA) is 29.1 Å². The van der Waals surface area contributed by atoms with Gasteiger partial charge < -0.3 is 5.32 Å². The molecule has 1 aromatic rings. The van der Waals surface area contributed by atoms with Crippen molar-refractivity contribution in [2.75, 3.05) is 6.26 Å². The van der Waals surface area contributed by atoms with Crippen LogP contribution < -0.4 is 5.32 Å². The van der Waals surface area contributed by atoms with E-state index >= 15 is 0 Å². The normalized spacial score (nSPS) is 23.1. The summed E-state index contributed by atoms with van der Waals surface area (Å²) in [6.07, 6.45) is 6.83. The molecule has 0 radical (unpaired) electrons. The molecule has 0 heterocycles.